The number of ether oxygens (including phenoxy) is 2. The largest absolute Gasteiger partial charge is 0.497 e. The zero-order chi connectivity index (χ0) is 23.1. The molecule has 0 aliphatic heterocycles. The van der Waals surface area contributed by atoms with Crippen molar-refractivity contribution in [2.75, 3.05) is 20.3 Å². The SMILES string of the molecule is COc1ccc(COC[C@H](C)C(=O)[C@@H](C)[C@@H](O)[C@H](C)CO[Si](C)(C)C(C)(C)C)cc1. The van der Waals surface area contributed by atoms with E-state index in [9.17, 15) is 9.90 Å². The van der Waals surface area contributed by atoms with E-state index < -0.39 is 20.3 Å². The summed E-state index contributed by atoms with van der Waals surface area (Å²) in [4.78, 5) is 12.8. The van der Waals surface area contributed by atoms with E-state index in [0.717, 1.165) is 11.3 Å². The molecule has 0 fully saturated rings. The molecule has 0 unspecified atom stereocenters. The van der Waals surface area contributed by atoms with Crippen molar-refractivity contribution in [3.8, 4) is 5.75 Å². The number of benzene rings is 1. The molecule has 0 spiro atoms. The monoisotopic (exact) mass is 438 g/mol. The molecule has 1 aromatic rings. The molecule has 0 saturated carbocycles. The summed E-state index contributed by atoms with van der Waals surface area (Å²) in [7, 11) is -0.244. The van der Waals surface area contributed by atoms with Gasteiger partial charge in [0.25, 0.3) is 0 Å². The molecule has 1 aromatic carbocycles. The highest BCUT2D eigenvalue weighted by Gasteiger charge is 2.38. The first kappa shape index (κ1) is 26.8. The molecule has 0 radical (unpaired) electrons. The van der Waals surface area contributed by atoms with Crippen molar-refractivity contribution in [2.24, 2.45) is 17.8 Å². The van der Waals surface area contributed by atoms with E-state index in [1.807, 2.05) is 38.1 Å². The number of carbonyl (C=O) groups is 1. The van der Waals surface area contributed by atoms with Crippen molar-refractivity contribution in [3.05, 3.63) is 29.8 Å². The maximum absolute atomic E-state index is 12.8. The summed E-state index contributed by atoms with van der Waals surface area (Å²) in [6, 6.07) is 7.67. The highest BCUT2D eigenvalue weighted by molar-refractivity contribution is 6.74. The molecule has 1 N–H and O–H groups in total. The Morgan fingerprint density at radius 3 is 2.13 bits per heavy atom. The molecule has 0 saturated heterocycles. The van der Waals surface area contributed by atoms with Gasteiger partial charge in [0.2, 0.25) is 0 Å². The van der Waals surface area contributed by atoms with Crippen LogP contribution in [-0.2, 0) is 20.6 Å². The predicted octanol–water partition coefficient (Wildman–Crippen LogP) is 5.07. The molecular formula is C24H42O5Si. The van der Waals surface area contributed by atoms with Gasteiger partial charge in [-0.2, -0.15) is 0 Å². The van der Waals surface area contributed by atoms with Crippen LogP contribution in [0.25, 0.3) is 0 Å². The fourth-order valence-corrected chi connectivity index (χ4v) is 4.03. The van der Waals surface area contributed by atoms with Crippen molar-refractivity contribution < 1.29 is 23.8 Å². The Hall–Kier alpha value is -1.21. The van der Waals surface area contributed by atoms with E-state index in [1.54, 1.807) is 14.0 Å². The van der Waals surface area contributed by atoms with Gasteiger partial charge in [-0.05, 0) is 35.8 Å². The molecule has 0 amide bonds. The van der Waals surface area contributed by atoms with Crippen LogP contribution in [0.5, 0.6) is 5.75 Å². The summed E-state index contributed by atoms with van der Waals surface area (Å²) in [6.45, 7) is 17.8. The van der Waals surface area contributed by atoms with Crippen molar-refractivity contribution in [2.45, 2.75) is 72.4 Å². The minimum Gasteiger partial charge on any atom is -0.497 e. The van der Waals surface area contributed by atoms with Crippen LogP contribution in [0, 0.1) is 17.8 Å². The van der Waals surface area contributed by atoms with E-state index in [4.69, 9.17) is 13.9 Å². The fraction of sp³-hybridized carbons (Fsp3) is 0.708. The van der Waals surface area contributed by atoms with Crippen LogP contribution in [-0.4, -0.2) is 45.6 Å². The minimum atomic E-state index is -1.88. The van der Waals surface area contributed by atoms with Gasteiger partial charge in [0, 0.05) is 24.4 Å². The molecule has 1 rings (SSSR count). The maximum atomic E-state index is 12.8. The molecular weight excluding hydrogens is 396 g/mol. The zero-order valence-electron chi connectivity index (χ0n) is 20.3. The Morgan fingerprint density at radius 2 is 1.63 bits per heavy atom. The summed E-state index contributed by atoms with van der Waals surface area (Å²) in [5, 5.41) is 10.8. The number of methoxy groups -OCH3 is 1. The molecule has 5 nitrogen and oxygen atoms in total. The summed E-state index contributed by atoms with van der Waals surface area (Å²) in [5.74, 6) is -0.0114. The lowest BCUT2D eigenvalue weighted by Gasteiger charge is -2.38. The first-order chi connectivity index (χ1) is 13.8. The van der Waals surface area contributed by atoms with E-state index in [2.05, 4.69) is 33.9 Å². The highest BCUT2D eigenvalue weighted by atomic mass is 28.4. The highest BCUT2D eigenvalue weighted by Crippen LogP contribution is 2.37. The number of hydrogen-bond acceptors (Lipinski definition) is 5. The van der Waals surface area contributed by atoms with Gasteiger partial charge in [-0.3, -0.25) is 4.79 Å². The third kappa shape index (κ3) is 7.80. The summed E-state index contributed by atoms with van der Waals surface area (Å²) in [6.07, 6.45) is -0.730. The van der Waals surface area contributed by atoms with Gasteiger partial charge in [-0.25, -0.2) is 0 Å². The summed E-state index contributed by atoms with van der Waals surface area (Å²) >= 11 is 0. The van der Waals surface area contributed by atoms with E-state index in [-0.39, 0.29) is 22.7 Å². The summed E-state index contributed by atoms with van der Waals surface area (Å²) in [5.41, 5.74) is 1.03. The van der Waals surface area contributed by atoms with Crippen molar-refractivity contribution in [1.29, 1.82) is 0 Å². The normalized spacial score (nSPS) is 16.6. The molecule has 4 atom stereocenters. The minimum absolute atomic E-state index is 0.0245. The van der Waals surface area contributed by atoms with Crippen LogP contribution >= 0.6 is 0 Å². The lowest BCUT2D eigenvalue weighted by atomic mass is 9.86. The van der Waals surface area contributed by atoms with E-state index in [1.165, 1.54) is 0 Å². The molecule has 172 valence electrons. The van der Waals surface area contributed by atoms with Gasteiger partial charge in [0.1, 0.15) is 11.5 Å². The Bertz CT molecular complexity index is 651. The second-order valence-electron chi connectivity index (χ2n) is 9.99. The van der Waals surface area contributed by atoms with Gasteiger partial charge in [-0.1, -0.05) is 53.7 Å². The molecule has 6 heteroatoms. The number of aliphatic hydroxyl groups excluding tert-OH is 1. The van der Waals surface area contributed by atoms with Gasteiger partial charge >= 0.3 is 0 Å². The predicted molar refractivity (Wildman–Crippen MR) is 124 cm³/mol. The second kappa shape index (κ2) is 11.4. The number of hydrogen-bond donors (Lipinski definition) is 1. The Morgan fingerprint density at radius 1 is 1.07 bits per heavy atom. The average Bonchev–Trinajstić information content (AvgIpc) is 2.69. The fourth-order valence-electron chi connectivity index (χ4n) is 2.92. The van der Waals surface area contributed by atoms with Gasteiger partial charge < -0.3 is 19.0 Å². The van der Waals surface area contributed by atoms with Gasteiger partial charge in [0.05, 0.1) is 26.4 Å². The van der Waals surface area contributed by atoms with Gasteiger partial charge in [0.15, 0.2) is 8.32 Å². The maximum Gasteiger partial charge on any atom is 0.191 e. The number of rotatable bonds is 12. The number of carbonyl (C=O) groups excluding carboxylic acids is 1. The Balaban J connectivity index is 2.49. The van der Waals surface area contributed by atoms with Gasteiger partial charge in [-0.15, -0.1) is 0 Å². The lowest BCUT2D eigenvalue weighted by Crippen LogP contribution is -2.44. The van der Waals surface area contributed by atoms with Crippen LogP contribution in [0.3, 0.4) is 0 Å². The van der Waals surface area contributed by atoms with Crippen LogP contribution in [0.4, 0.5) is 0 Å². The van der Waals surface area contributed by atoms with Crippen LogP contribution in [0.15, 0.2) is 24.3 Å². The van der Waals surface area contributed by atoms with Crippen molar-refractivity contribution in [1.82, 2.24) is 0 Å². The van der Waals surface area contributed by atoms with Crippen molar-refractivity contribution in [3.63, 3.8) is 0 Å². The summed E-state index contributed by atoms with van der Waals surface area (Å²) < 4.78 is 17.1. The lowest BCUT2D eigenvalue weighted by molar-refractivity contribution is -0.132. The third-order valence-electron chi connectivity index (χ3n) is 6.34. The molecule has 30 heavy (non-hydrogen) atoms. The second-order valence-corrected chi connectivity index (χ2v) is 14.8. The smallest absolute Gasteiger partial charge is 0.191 e. The number of Topliss-reactive ketones (excluding diaryl/α,β-unsaturated/α-hetero) is 1. The molecule has 0 aliphatic rings. The molecule has 0 aromatic heterocycles. The zero-order valence-corrected chi connectivity index (χ0v) is 21.3. The molecule has 0 aliphatic carbocycles. The standard InChI is InChI=1S/C24H42O5Si/c1-17(14-28-16-20-10-12-21(27-7)13-11-20)22(25)19(3)23(26)18(2)15-29-30(8,9)24(4,5)6/h10-13,17-19,23,26H,14-16H2,1-9H3/t17-,18+,19+,23-/m0/s1. The van der Waals surface area contributed by atoms with Crippen LogP contribution in [0.2, 0.25) is 18.1 Å². The number of aliphatic hydroxyl groups is 1. The average molecular weight is 439 g/mol. The number of ketones is 1. The first-order valence-electron chi connectivity index (χ1n) is 10.9. The Labute approximate surface area is 184 Å². The van der Waals surface area contributed by atoms with Crippen LogP contribution < -0.4 is 4.74 Å². The van der Waals surface area contributed by atoms with E-state index in [0.29, 0.717) is 19.8 Å². The topological polar surface area (TPSA) is 65.0 Å². The quantitative estimate of drug-likeness (QED) is 0.462. The third-order valence-corrected chi connectivity index (χ3v) is 10.8. The van der Waals surface area contributed by atoms with E-state index >= 15 is 0 Å². The Kier molecular flexibility index (Phi) is 10.2. The van der Waals surface area contributed by atoms with Crippen molar-refractivity contribution >= 4 is 14.1 Å². The molecule has 0 bridgehead atoms. The molecule has 0 heterocycles. The van der Waals surface area contributed by atoms with Crippen LogP contribution in [0.1, 0.15) is 47.1 Å². The first-order valence-corrected chi connectivity index (χ1v) is 13.8.